The molecular formula is C16H21NO5. The summed E-state index contributed by atoms with van der Waals surface area (Å²) in [6.45, 7) is 2.44. The van der Waals surface area contributed by atoms with Crippen molar-refractivity contribution in [2.45, 2.75) is 11.7 Å². The van der Waals surface area contributed by atoms with E-state index in [0.29, 0.717) is 38.5 Å². The molecule has 0 spiro atoms. The molecule has 6 nitrogen and oxygen atoms in total. The first-order valence-electron chi connectivity index (χ1n) is 7.44. The molecule has 1 aromatic carbocycles. The van der Waals surface area contributed by atoms with Crippen molar-refractivity contribution in [3.8, 4) is 0 Å². The Morgan fingerprint density at radius 3 is 2.68 bits per heavy atom. The predicted octanol–water partition coefficient (Wildman–Crippen LogP) is 0.392. The molecule has 6 heteroatoms. The highest BCUT2D eigenvalue weighted by molar-refractivity contribution is 5.94. The molecule has 0 saturated carbocycles. The van der Waals surface area contributed by atoms with Crippen LogP contribution in [0.15, 0.2) is 24.3 Å². The molecule has 0 bridgehead atoms. The number of carbonyl (C=O) groups excluding carboxylic acids is 1. The SMILES string of the molecule is COC1(c2ccc(C(=O)N3CCOC(CO)C3)cc2)COC1. The number of benzene rings is 1. The van der Waals surface area contributed by atoms with Gasteiger partial charge in [0, 0.05) is 25.8 Å². The summed E-state index contributed by atoms with van der Waals surface area (Å²) in [7, 11) is 1.67. The molecule has 2 fully saturated rings. The van der Waals surface area contributed by atoms with Gasteiger partial charge in [0.1, 0.15) is 5.60 Å². The molecule has 2 aliphatic heterocycles. The fraction of sp³-hybridized carbons (Fsp3) is 0.562. The Hall–Kier alpha value is -1.47. The van der Waals surface area contributed by atoms with E-state index in [2.05, 4.69) is 0 Å². The first-order chi connectivity index (χ1) is 10.7. The van der Waals surface area contributed by atoms with Crippen LogP contribution in [-0.2, 0) is 19.8 Å². The lowest BCUT2D eigenvalue weighted by atomic mass is 9.91. The van der Waals surface area contributed by atoms with Crippen molar-refractivity contribution in [1.29, 1.82) is 0 Å². The van der Waals surface area contributed by atoms with Gasteiger partial charge in [-0.3, -0.25) is 4.79 Å². The number of rotatable bonds is 4. The summed E-state index contributed by atoms with van der Waals surface area (Å²) in [6.07, 6.45) is -0.291. The Morgan fingerprint density at radius 2 is 2.14 bits per heavy atom. The molecule has 1 amide bonds. The van der Waals surface area contributed by atoms with Crippen LogP contribution in [0.2, 0.25) is 0 Å². The van der Waals surface area contributed by atoms with Gasteiger partial charge in [0.25, 0.3) is 5.91 Å². The molecule has 1 unspecified atom stereocenters. The summed E-state index contributed by atoms with van der Waals surface area (Å²) in [6, 6.07) is 7.48. The maximum atomic E-state index is 12.5. The van der Waals surface area contributed by atoms with Crippen molar-refractivity contribution in [2.75, 3.05) is 46.6 Å². The average molecular weight is 307 g/mol. The van der Waals surface area contributed by atoms with Crippen LogP contribution in [0.4, 0.5) is 0 Å². The number of aliphatic hydroxyl groups excluding tert-OH is 1. The third-order valence-corrected chi connectivity index (χ3v) is 4.35. The lowest BCUT2D eigenvalue weighted by Crippen LogP contribution is -2.48. The molecule has 3 rings (SSSR count). The number of hydrogen-bond acceptors (Lipinski definition) is 5. The summed E-state index contributed by atoms with van der Waals surface area (Å²) in [5.41, 5.74) is 1.28. The van der Waals surface area contributed by atoms with Crippen molar-refractivity contribution in [3.05, 3.63) is 35.4 Å². The van der Waals surface area contributed by atoms with Crippen LogP contribution >= 0.6 is 0 Å². The van der Waals surface area contributed by atoms with Gasteiger partial charge in [-0.05, 0) is 17.7 Å². The van der Waals surface area contributed by atoms with Gasteiger partial charge in [-0.15, -0.1) is 0 Å². The van der Waals surface area contributed by atoms with Crippen LogP contribution in [0.5, 0.6) is 0 Å². The number of ether oxygens (including phenoxy) is 3. The molecule has 2 aliphatic rings. The van der Waals surface area contributed by atoms with Gasteiger partial charge in [-0.2, -0.15) is 0 Å². The number of morpholine rings is 1. The molecule has 120 valence electrons. The predicted molar refractivity (Wildman–Crippen MR) is 78.7 cm³/mol. The smallest absolute Gasteiger partial charge is 0.254 e. The van der Waals surface area contributed by atoms with Gasteiger partial charge in [0.2, 0.25) is 0 Å². The van der Waals surface area contributed by atoms with Crippen LogP contribution in [0, 0.1) is 0 Å². The highest BCUT2D eigenvalue weighted by atomic mass is 16.6. The minimum atomic E-state index is -0.372. The zero-order valence-corrected chi connectivity index (χ0v) is 12.7. The molecule has 22 heavy (non-hydrogen) atoms. The highest BCUT2D eigenvalue weighted by Gasteiger charge is 2.40. The zero-order chi connectivity index (χ0) is 15.6. The van der Waals surface area contributed by atoms with Gasteiger partial charge >= 0.3 is 0 Å². The van der Waals surface area contributed by atoms with Crippen molar-refractivity contribution in [2.24, 2.45) is 0 Å². The van der Waals surface area contributed by atoms with E-state index in [1.807, 2.05) is 24.3 Å². The Bertz CT molecular complexity index is 520. The zero-order valence-electron chi connectivity index (χ0n) is 12.7. The third kappa shape index (κ3) is 2.75. The van der Waals surface area contributed by atoms with Gasteiger partial charge in [0.15, 0.2) is 0 Å². The van der Waals surface area contributed by atoms with Crippen molar-refractivity contribution >= 4 is 5.91 Å². The minimum absolute atomic E-state index is 0.0374. The monoisotopic (exact) mass is 307 g/mol. The minimum Gasteiger partial charge on any atom is -0.394 e. The quantitative estimate of drug-likeness (QED) is 0.871. The van der Waals surface area contributed by atoms with E-state index in [-0.39, 0.29) is 24.2 Å². The summed E-state index contributed by atoms with van der Waals surface area (Å²) in [5, 5.41) is 9.16. The molecule has 0 aromatic heterocycles. The third-order valence-electron chi connectivity index (χ3n) is 4.35. The lowest BCUT2D eigenvalue weighted by Gasteiger charge is -2.40. The topological polar surface area (TPSA) is 68.2 Å². The van der Waals surface area contributed by atoms with E-state index in [0.717, 1.165) is 5.56 Å². The summed E-state index contributed by atoms with van der Waals surface area (Å²) >= 11 is 0. The molecule has 2 saturated heterocycles. The fourth-order valence-corrected chi connectivity index (χ4v) is 2.80. The molecule has 1 N–H and O–H groups in total. The van der Waals surface area contributed by atoms with E-state index in [9.17, 15) is 4.79 Å². The second-order valence-corrected chi connectivity index (χ2v) is 5.70. The average Bonchev–Trinajstić information content (AvgIpc) is 2.54. The number of hydrogen-bond donors (Lipinski definition) is 1. The maximum absolute atomic E-state index is 12.5. The van der Waals surface area contributed by atoms with Gasteiger partial charge in [-0.1, -0.05) is 12.1 Å². The van der Waals surface area contributed by atoms with Crippen LogP contribution in [-0.4, -0.2) is 68.6 Å². The fourth-order valence-electron chi connectivity index (χ4n) is 2.80. The summed E-state index contributed by atoms with van der Waals surface area (Å²) in [5.74, 6) is -0.0374. The molecule has 1 atom stereocenters. The van der Waals surface area contributed by atoms with Crippen molar-refractivity contribution < 1.29 is 24.1 Å². The van der Waals surface area contributed by atoms with Gasteiger partial charge < -0.3 is 24.2 Å². The van der Waals surface area contributed by atoms with Crippen molar-refractivity contribution in [3.63, 3.8) is 0 Å². The number of nitrogens with zero attached hydrogens (tertiary/aromatic N) is 1. The van der Waals surface area contributed by atoms with E-state index >= 15 is 0 Å². The van der Waals surface area contributed by atoms with Crippen LogP contribution in [0.1, 0.15) is 15.9 Å². The lowest BCUT2D eigenvalue weighted by molar-refractivity contribution is -0.202. The number of aliphatic hydroxyl groups is 1. The van der Waals surface area contributed by atoms with Gasteiger partial charge in [0.05, 0.1) is 32.5 Å². The first kappa shape index (κ1) is 15.4. The molecule has 0 aliphatic carbocycles. The largest absolute Gasteiger partial charge is 0.394 e. The highest BCUT2D eigenvalue weighted by Crippen LogP contribution is 2.33. The molecule has 2 heterocycles. The summed E-state index contributed by atoms with van der Waals surface area (Å²) < 4.78 is 16.2. The Kier molecular flexibility index (Phi) is 4.44. The second-order valence-electron chi connectivity index (χ2n) is 5.70. The van der Waals surface area contributed by atoms with Crippen LogP contribution in [0.3, 0.4) is 0 Å². The van der Waals surface area contributed by atoms with E-state index in [1.54, 1.807) is 12.0 Å². The number of carbonyl (C=O) groups is 1. The Labute approximate surface area is 129 Å². The Balaban J connectivity index is 1.71. The van der Waals surface area contributed by atoms with Gasteiger partial charge in [-0.25, -0.2) is 0 Å². The van der Waals surface area contributed by atoms with E-state index in [1.165, 1.54) is 0 Å². The normalized spacial score (nSPS) is 23.9. The Morgan fingerprint density at radius 1 is 1.41 bits per heavy atom. The summed E-state index contributed by atoms with van der Waals surface area (Å²) in [4.78, 5) is 14.2. The first-order valence-corrected chi connectivity index (χ1v) is 7.44. The van der Waals surface area contributed by atoms with Crippen molar-refractivity contribution in [1.82, 2.24) is 4.90 Å². The van der Waals surface area contributed by atoms with Crippen LogP contribution < -0.4 is 0 Å². The number of methoxy groups -OCH3 is 1. The molecule has 0 radical (unpaired) electrons. The maximum Gasteiger partial charge on any atom is 0.254 e. The standard InChI is InChI=1S/C16H21NO5/c1-20-16(10-21-11-16)13-4-2-12(3-5-13)15(19)17-6-7-22-14(8-17)9-18/h2-5,14,18H,6-11H2,1H3. The van der Waals surface area contributed by atoms with E-state index in [4.69, 9.17) is 19.3 Å². The van der Waals surface area contributed by atoms with E-state index < -0.39 is 0 Å². The number of amides is 1. The molecular weight excluding hydrogens is 286 g/mol. The molecule has 1 aromatic rings. The second kappa shape index (κ2) is 6.34. The van der Waals surface area contributed by atoms with Crippen LogP contribution in [0.25, 0.3) is 0 Å².